The van der Waals surface area contributed by atoms with E-state index in [4.69, 9.17) is 27.9 Å². The molecule has 1 amide bonds. The zero-order valence-electron chi connectivity index (χ0n) is 12.1. The highest BCUT2D eigenvalue weighted by Gasteiger charge is 2.06. The molecule has 2 rings (SSSR count). The summed E-state index contributed by atoms with van der Waals surface area (Å²) in [4.78, 5) is 10.9. The van der Waals surface area contributed by atoms with Gasteiger partial charge in [-0.15, -0.1) is 0 Å². The van der Waals surface area contributed by atoms with Crippen LogP contribution in [-0.2, 0) is 11.4 Å². The van der Waals surface area contributed by atoms with Crippen molar-refractivity contribution in [3.05, 3.63) is 62.0 Å². The minimum Gasteiger partial charge on any atom is -0.488 e. The number of rotatable bonds is 5. The van der Waals surface area contributed by atoms with Gasteiger partial charge >= 0.3 is 0 Å². The summed E-state index contributed by atoms with van der Waals surface area (Å²) in [6.45, 7) is 1.68. The van der Waals surface area contributed by atoms with Gasteiger partial charge in [0.15, 0.2) is 0 Å². The molecule has 0 aliphatic carbocycles. The molecule has 7 heteroatoms. The second-order valence-electron chi connectivity index (χ2n) is 4.63. The van der Waals surface area contributed by atoms with Crippen molar-refractivity contribution >= 4 is 51.3 Å². The number of hydrogen-bond donors (Lipinski definition) is 1. The Morgan fingerprint density at radius 3 is 2.78 bits per heavy atom. The van der Waals surface area contributed by atoms with Crippen LogP contribution < -0.4 is 10.2 Å². The lowest BCUT2D eigenvalue weighted by Gasteiger charge is -2.11. The van der Waals surface area contributed by atoms with Crippen LogP contribution in [0.2, 0.25) is 10.0 Å². The number of hydrazone groups is 1. The second kappa shape index (κ2) is 8.34. The average Bonchev–Trinajstić information content (AvgIpc) is 2.47. The standard InChI is InChI=1S/C16H13BrCl2N2O2/c1-10(22)21-20-8-12-6-13(17)3-5-16(12)23-9-11-2-4-14(18)7-15(11)19/h2-8H,9H2,1H3,(H,21,22). The summed E-state index contributed by atoms with van der Waals surface area (Å²) in [5, 5.41) is 4.98. The topological polar surface area (TPSA) is 50.7 Å². The number of nitrogens with zero attached hydrogens (tertiary/aromatic N) is 1. The van der Waals surface area contributed by atoms with E-state index in [1.54, 1.807) is 12.1 Å². The van der Waals surface area contributed by atoms with Gasteiger partial charge in [-0.2, -0.15) is 5.10 Å². The van der Waals surface area contributed by atoms with Gasteiger partial charge in [-0.3, -0.25) is 4.79 Å². The van der Waals surface area contributed by atoms with Crippen LogP contribution in [0.15, 0.2) is 46.0 Å². The first-order chi connectivity index (χ1) is 11.0. The van der Waals surface area contributed by atoms with E-state index in [1.165, 1.54) is 13.1 Å². The Labute approximate surface area is 152 Å². The van der Waals surface area contributed by atoms with E-state index in [9.17, 15) is 4.79 Å². The number of halogens is 3. The molecule has 0 fully saturated rings. The van der Waals surface area contributed by atoms with Crippen LogP contribution in [-0.4, -0.2) is 12.1 Å². The highest BCUT2D eigenvalue weighted by atomic mass is 79.9. The molecule has 0 bridgehead atoms. The minimum atomic E-state index is -0.244. The van der Waals surface area contributed by atoms with E-state index in [1.807, 2.05) is 24.3 Å². The number of nitrogens with one attached hydrogen (secondary N) is 1. The summed E-state index contributed by atoms with van der Waals surface area (Å²) >= 11 is 15.4. The molecule has 0 heterocycles. The maximum Gasteiger partial charge on any atom is 0.236 e. The third-order valence-corrected chi connectivity index (χ3v) is 3.88. The molecule has 0 unspecified atom stereocenters. The van der Waals surface area contributed by atoms with Gasteiger partial charge in [-0.1, -0.05) is 45.2 Å². The Hall–Kier alpha value is -1.56. The Kier molecular flexibility index (Phi) is 6.45. The number of carbonyl (C=O) groups is 1. The Bertz CT molecular complexity index is 751. The van der Waals surface area contributed by atoms with E-state index in [2.05, 4.69) is 26.5 Å². The molecule has 23 heavy (non-hydrogen) atoms. The Morgan fingerprint density at radius 1 is 1.30 bits per heavy atom. The smallest absolute Gasteiger partial charge is 0.236 e. The molecule has 0 saturated heterocycles. The first kappa shape index (κ1) is 17.8. The first-order valence-corrected chi connectivity index (χ1v) is 8.16. The predicted molar refractivity (Wildman–Crippen MR) is 96.3 cm³/mol. The van der Waals surface area contributed by atoms with Gasteiger partial charge in [0.05, 0.1) is 6.21 Å². The van der Waals surface area contributed by atoms with E-state index < -0.39 is 0 Å². The summed E-state index contributed by atoms with van der Waals surface area (Å²) in [6, 6.07) is 10.7. The Morgan fingerprint density at radius 2 is 2.09 bits per heavy atom. The highest BCUT2D eigenvalue weighted by Crippen LogP contribution is 2.25. The fourth-order valence-electron chi connectivity index (χ4n) is 1.74. The van der Waals surface area contributed by atoms with Crippen LogP contribution in [0.5, 0.6) is 5.75 Å². The number of ether oxygens (including phenoxy) is 1. The fourth-order valence-corrected chi connectivity index (χ4v) is 2.58. The molecule has 0 spiro atoms. The van der Waals surface area contributed by atoms with Crippen molar-refractivity contribution in [2.75, 3.05) is 0 Å². The van der Waals surface area contributed by atoms with Crippen molar-refractivity contribution in [2.45, 2.75) is 13.5 Å². The quantitative estimate of drug-likeness (QED) is 0.562. The van der Waals surface area contributed by atoms with E-state index in [0.29, 0.717) is 22.4 Å². The van der Waals surface area contributed by atoms with Gasteiger partial charge in [0.25, 0.3) is 0 Å². The molecule has 0 atom stereocenters. The summed E-state index contributed by atoms with van der Waals surface area (Å²) in [5.74, 6) is 0.375. The molecule has 4 nitrogen and oxygen atoms in total. The molecule has 2 aromatic rings. The van der Waals surface area contributed by atoms with Gasteiger partial charge in [0.2, 0.25) is 5.91 Å². The lowest BCUT2D eigenvalue weighted by atomic mass is 10.2. The van der Waals surface area contributed by atoms with Crippen molar-refractivity contribution in [1.29, 1.82) is 0 Å². The average molecular weight is 416 g/mol. The number of benzene rings is 2. The summed E-state index contributed by atoms with van der Waals surface area (Å²) in [7, 11) is 0. The van der Waals surface area contributed by atoms with Crippen LogP contribution in [0.4, 0.5) is 0 Å². The van der Waals surface area contributed by atoms with Crippen molar-refractivity contribution in [3.63, 3.8) is 0 Å². The summed E-state index contributed by atoms with van der Waals surface area (Å²) in [6.07, 6.45) is 1.52. The van der Waals surface area contributed by atoms with Crippen LogP contribution >= 0.6 is 39.1 Å². The monoisotopic (exact) mass is 414 g/mol. The molecule has 0 aliphatic heterocycles. The largest absolute Gasteiger partial charge is 0.488 e. The molecular formula is C16H13BrCl2N2O2. The van der Waals surface area contributed by atoms with Crippen molar-refractivity contribution in [3.8, 4) is 5.75 Å². The predicted octanol–water partition coefficient (Wildman–Crippen LogP) is 4.80. The Balaban J connectivity index is 2.15. The molecule has 2 aromatic carbocycles. The highest BCUT2D eigenvalue weighted by molar-refractivity contribution is 9.10. The fraction of sp³-hybridized carbons (Fsp3) is 0.125. The van der Waals surface area contributed by atoms with Gasteiger partial charge < -0.3 is 4.74 Å². The maximum atomic E-state index is 10.9. The molecule has 0 radical (unpaired) electrons. The van der Waals surface area contributed by atoms with Gasteiger partial charge in [-0.25, -0.2) is 5.43 Å². The molecule has 0 aromatic heterocycles. The summed E-state index contributed by atoms with van der Waals surface area (Å²) < 4.78 is 6.68. The van der Waals surface area contributed by atoms with E-state index >= 15 is 0 Å². The zero-order valence-corrected chi connectivity index (χ0v) is 15.2. The van der Waals surface area contributed by atoms with E-state index in [-0.39, 0.29) is 5.91 Å². The normalized spacial score (nSPS) is 10.8. The third kappa shape index (κ3) is 5.53. The molecule has 1 N–H and O–H groups in total. The number of hydrogen-bond acceptors (Lipinski definition) is 3. The number of carbonyl (C=O) groups excluding carboxylic acids is 1. The van der Waals surface area contributed by atoms with Gasteiger partial charge in [0.1, 0.15) is 12.4 Å². The van der Waals surface area contributed by atoms with Crippen LogP contribution in [0.25, 0.3) is 0 Å². The van der Waals surface area contributed by atoms with Crippen molar-refractivity contribution in [1.82, 2.24) is 5.43 Å². The van der Waals surface area contributed by atoms with Crippen LogP contribution in [0.3, 0.4) is 0 Å². The lowest BCUT2D eigenvalue weighted by Crippen LogP contribution is -2.12. The van der Waals surface area contributed by atoms with Crippen molar-refractivity contribution in [2.24, 2.45) is 5.10 Å². The third-order valence-electron chi connectivity index (χ3n) is 2.80. The zero-order chi connectivity index (χ0) is 16.8. The summed E-state index contributed by atoms with van der Waals surface area (Å²) in [5.41, 5.74) is 3.90. The number of amides is 1. The van der Waals surface area contributed by atoms with Gasteiger partial charge in [0, 0.05) is 32.6 Å². The van der Waals surface area contributed by atoms with Crippen LogP contribution in [0.1, 0.15) is 18.1 Å². The second-order valence-corrected chi connectivity index (χ2v) is 6.39. The molecule has 0 aliphatic rings. The molecule has 120 valence electrons. The molecular weight excluding hydrogens is 403 g/mol. The first-order valence-electron chi connectivity index (χ1n) is 6.61. The van der Waals surface area contributed by atoms with Crippen LogP contribution in [0, 0.1) is 0 Å². The van der Waals surface area contributed by atoms with E-state index in [0.717, 1.165) is 15.6 Å². The van der Waals surface area contributed by atoms with Gasteiger partial charge in [-0.05, 0) is 30.3 Å². The lowest BCUT2D eigenvalue weighted by molar-refractivity contribution is -0.118. The SMILES string of the molecule is CC(=O)NN=Cc1cc(Br)ccc1OCc1ccc(Cl)cc1Cl. The van der Waals surface area contributed by atoms with Crippen molar-refractivity contribution < 1.29 is 9.53 Å². The minimum absolute atomic E-state index is 0.244. The molecule has 0 saturated carbocycles. The maximum absolute atomic E-state index is 10.9.